The van der Waals surface area contributed by atoms with Crippen molar-refractivity contribution in [1.29, 1.82) is 0 Å². The van der Waals surface area contributed by atoms with E-state index in [1.165, 1.54) is 0 Å². The van der Waals surface area contributed by atoms with Gasteiger partial charge in [-0.1, -0.05) is 81.3 Å². The minimum atomic E-state index is -0.726. The molecule has 1 aliphatic carbocycles. The average Bonchev–Trinajstić information content (AvgIpc) is 2.88. The molecule has 0 aromatic heterocycles. The molecule has 3 rings (SSSR count). The van der Waals surface area contributed by atoms with Crippen molar-refractivity contribution in [2.75, 3.05) is 0 Å². The number of carbonyl (C=O) groups is 1. The van der Waals surface area contributed by atoms with Crippen molar-refractivity contribution in [2.24, 2.45) is 0 Å². The van der Waals surface area contributed by atoms with E-state index < -0.39 is 5.41 Å². The van der Waals surface area contributed by atoms with Gasteiger partial charge < -0.3 is 4.72 Å². The summed E-state index contributed by atoms with van der Waals surface area (Å²) in [5.74, 6) is -0.113. The van der Waals surface area contributed by atoms with Crippen LogP contribution in [0, 0.1) is 0 Å². The fraction of sp³-hybridized carbons (Fsp3) is 0.211. The second kappa shape index (κ2) is 6.84. The first kappa shape index (κ1) is 16.4. The first-order valence-corrected chi connectivity index (χ1v) is 7.95. The second-order valence-corrected chi connectivity index (χ2v) is 5.15. The summed E-state index contributed by atoms with van der Waals surface area (Å²) in [5.41, 5.74) is 3.54. The fourth-order valence-electron chi connectivity index (χ4n) is 3.19. The first-order valence-electron chi connectivity index (χ1n) is 7.50. The number of nitrogens with one attached hydrogen (secondary N) is 1. The van der Waals surface area contributed by atoms with Gasteiger partial charge in [0.1, 0.15) is 5.41 Å². The van der Waals surface area contributed by atoms with E-state index in [0.29, 0.717) is 6.42 Å². The van der Waals surface area contributed by atoms with E-state index in [2.05, 4.69) is 36.2 Å². The Morgan fingerprint density at radius 3 is 1.95 bits per heavy atom. The van der Waals surface area contributed by atoms with Crippen LogP contribution in [0.1, 0.15) is 31.4 Å². The Labute approximate surface area is 137 Å². The van der Waals surface area contributed by atoms with Crippen LogP contribution in [-0.4, -0.2) is 5.91 Å². The number of amides is 1. The maximum Gasteiger partial charge on any atom is 0.245 e. The topological polar surface area (TPSA) is 29.1 Å². The van der Waals surface area contributed by atoms with Gasteiger partial charge in [0.25, 0.3) is 0 Å². The van der Waals surface area contributed by atoms with Crippen molar-refractivity contribution < 1.29 is 4.79 Å². The van der Waals surface area contributed by atoms with Crippen LogP contribution in [-0.2, 0) is 10.2 Å². The Morgan fingerprint density at radius 1 is 1.09 bits per heavy atom. The molecular weight excluding hydrogens is 290 g/mol. The SMILES string of the molecule is C=CCC1(C(=O)NS)c2ccccc2-c2ccccc21.CC. The number of benzene rings is 2. The third-order valence-corrected chi connectivity index (χ3v) is 4.21. The molecule has 0 atom stereocenters. The monoisotopic (exact) mass is 311 g/mol. The summed E-state index contributed by atoms with van der Waals surface area (Å²) in [6.45, 7) is 7.83. The highest BCUT2D eigenvalue weighted by Gasteiger charge is 2.47. The van der Waals surface area contributed by atoms with Crippen LogP contribution in [0.4, 0.5) is 0 Å². The number of allylic oxidation sites excluding steroid dienone is 1. The number of hydrogen-bond donors (Lipinski definition) is 2. The molecule has 114 valence electrons. The third kappa shape index (κ3) is 2.26. The van der Waals surface area contributed by atoms with Gasteiger partial charge in [-0.2, -0.15) is 0 Å². The van der Waals surface area contributed by atoms with Crippen molar-refractivity contribution in [2.45, 2.75) is 25.7 Å². The summed E-state index contributed by atoms with van der Waals surface area (Å²) in [4.78, 5) is 12.6. The lowest BCUT2D eigenvalue weighted by molar-refractivity contribution is -0.123. The van der Waals surface area contributed by atoms with Crippen LogP contribution in [0.15, 0.2) is 61.2 Å². The zero-order valence-corrected chi connectivity index (χ0v) is 13.9. The van der Waals surface area contributed by atoms with E-state index in [4.69, 9.17) is 0 Å². The zero-order valence-electron chi connectivity index (χ0n) is 13.0. The molecular formula is C19H21NOS. The smallest absolute Gasteiger partial charge is 0.245 e. The molecule has 2 nitrogen and oxygen atoms in total. The van der Waals surface area contributed by atoms with Gasteiger partial charge in [0.05, 0.1) is 0 Å². The summed E-state index contributed by atoms with van der Waals surface area (Å²) < 4.78 is 2.52. The van der Waals surface area contributed by atoms with Gasteiger partial charge in [-0.15, -0.1) is 6.58 Å². The van der Waals surface area contributed by atoms with Gasteiger partial charge in [0, 0.05) is 0 Å². The standard InChI is InChI=1S/C17H15NOS.C2H6/c1-2-11-17(16(19)18-20)14-9-5-3-7-12(14)13-8-4-6-10-15(13)17;1-2/h2-10,20H,1,11H2,(H,18,19);1-2H3. The fourth-order valence-corrected chi connectivity index (χ4v) is 3.39. The Hall–Kier alpha value is -2.00. The van der Waals surface area contributed by atoms with Crippen LogP contribution < -0.4 is 4.72 Å². The minimum Gasteiger partial charge on any atom is -0.302 e. The molecule has 0 radical (unpaired) electrons. The Kier molecular flexibility index (Phi) is 5.09. The highest BCUT2D eigenvalue weighted by molar-refractivity contribution is 7.78. The molecule has 1 N–H and O–H groups in total. The van der Waals surface area contributed by atoms with Gasteiger partial charge >= 0.3 is 0 Å². The largest absolute Gasteiger partial charge is 0.302 e. The molecule has 0 aliphatic heterocycles. The Morgan fingerprint density at radius 2 is 1.55 bits per heavy atom. The van der Waals surface area contributed by atoms with Crippen LogP contribution >= 0.6 is 12.8 Å². The number of carbonyl (C=O) groups excluding carboxylic acids is 1. The van der Waals surface area contributed by atoms with Crippen molar-refractivity contribution in [3.63, 3.8) is 0 Å². The number of rotatable bonds is 3. The molecule has 0 saturated heterocycles. The van der Waals surface area contributed by atoms with E-state index in [1.54, 1.807) is 6.08 Å². The van der Waals surface area contributed by atoms with Crippen molar-refractivity contribution >= 4 is 18.7 Å². The molecule has 0 spiro atoms. The van der Waals surface area contributed by atoms with Gasteiger partial charge in [-0.25, -0.2) is 0 Å². The summed E-state index contributed by atoms with van der Waals surface area (Å²) >= 11 is 3.99. The molecule has 0 heterocycles. The van der Waals surface area contributed by atoms with Gasteiger partial charge in [0.15, 0.2) is 0 Å². The second-order valence-electron chi connectivity index (χ2n) is 4.93. The van der Waals surface area contributed by atoms with E-state index >= 15 is 0 Å². The molecule has 0 bridgehead atoms. The maximum atomic E-state index is 12.6. The molecule has 1 amide bonds. The quantitative estimate of drug-likeness (QED) is 0.633. The van der Waals surface area contributed by atoms with Crippen molar-refractivity contribution in [3.8, 4) is 11.1 Å². The van der Waals surface area contributed by atoms with Crippen molar-refractivity contribution in [3.05, 3.63) is 72.3 Å². The summed E-state index contributed by atoms with van der Waals surface area (Å²) in [6, 6.07) is 16.1. The maximum absolute atomic E-state index is 12.6. The molecule has 2 aromatic rings. The van der Waals surface area contributed by atoms with Gasteiger partial charge in [0.2, 0.25) is 5.91 Å². The molecule has 3 heteroatoms. The Balaban J connectivity index is 0.000000847. The normalized spacial score (nSPS) is 13.2. The van der Waals surface area contributed by atoms with Crippen LogP contribution in [0.5, 0.6) is 0 Å². The van der Waals surface area contributed by atoms with Crippen molar-refractivity contribution in [1.82, 2.24) is 4.72 Å². The average molecular weight is 311 g/mol. The first-order chi connectivity index (χ1) is 10.8. The summed E-state index contributed by atoms with van der Waals surface area (Å²) in [7, 11) is 0. The summed E-state index contributed by atoms with van der Waals surface area (Å²) in [5, 5.41) is 0. The van der Waals surface area contributed by atoms with Crippen LogP contribution in [0.3, 0.4) is 0 Å². The lowest BCUT2D eigenvalue weighted by Gasteiger charge is -2.28. The highest BCUT2D eigenvalue weighted by atomic mass is 32.1. The van der Waals surface area contributed by atoms with Gasteiger partial charge in [-0.05, 0) is 28.7 Å². The number of hydrogen-bond acceptors (Lipinski definition) is 2. The zero-order chi connectivity index (χ0) is 16.2. The van der Waals surface area contributed by atoms with E-state index in [0.717, 1.165) is 22.3 Å². The van der Waals surface area contributed by atoms with E-state index in [1.807, 2.05) is 50.2 Å². The van der Waals surface area contributed by atoms with E-state index in [-0.39, 0.29) is 5.91 Å². The summed E-state index contributed by atoms with van der Waals surface area (Å²) in [6.07, 6.45) is 2.34. The molecule has 0 fully saturated rings. The molecule has 22 heavy (non-hydrogen) atoms. The van der Waals surface area contributed by atoms with Gasteiger partial charge in [-0.3, -0.25) is 4.79 Å². The predicted molar refractivity (Wildman–Crippen MR) is 95.9 cm³/mol. The number of fused-ring (bicyclic) bond motifs is 3. The molecule has 0 unspecified atom stereocenters. The van der Waals surface area contributed by atoms with Crippen LogP contribution in [0.25, 0.3) is 11.1 Å². The molecule has 0 saturated carbocycles. The molecule has 2 aromatic carbocycles. The van der Waals surface area contributed by atoms with Crippen LogP contribution in [0.2, 0.25) is 0 Å². The third-order valence-electron chi connectivity index (χ3n) is 4.00. The Bertz CT molecular complexity index is 648. The number of thiol groups is 1. The lowest BCUT2D eigenvalue weighted by atomic mass is 9.75. The predicted octanol–water partition coefficient (Wildman–Crippen LogP) is 4.52. The van der Waals surface area contributed by atoms with E-state index in [9.17, 15) is 4.79 Å². The molecule has 1 aliphatic rings. The lowest BCUT2D eigenvalue weighted by Crippen LogP contribution is -2.40. The highest BCUT2D eigenvalue weighted by Crippen LogP contribution is 2.51. The minimum absolute atomic E-state index is 0.113.